The van der Waals surface area contributed by atoms with Crippen molar-refractivity contribution in [2.24, 2.45) is 0 Å². The lowest BCUT2D eigenvalue weighted by Gasteiger charge is -2.40. The second-order valence-electron chi connectivity index (χ2n) is 17.1. The number of rotatable bonds is 13. The first kappa shape index (κ1) is 46.2. The SMILES string of the molecule is CCN(C)S(=O)(=O)Nc1ccc(F)c(C(=O)c2c[nH]c3ncc(-c4ccc(C5CCN(C(=O)CC6(O)CCN(c7ccc(NC8CCC(=O)NC8=O)cc7F)CC6)CC5)c(F)c4)cc23)c1F. The van der Waals surface area contributed by atoms with Crippen molar-refractivity contribution >= 4 is 61.8 Å². The third-order valence-corrected chi connectivity index (χ3v) is 14.4. The zero-order valence-corrected chi connectivity index (χ0v) is 36.9. The molecular formula is C46H48F4N8O7S. The number of nitrogens with one attached hydrogen (secondary N) is 4. The largest absolute Gasteiger partial charge is 0.389 e. The first-order valence-electron chi connectivity index (χ1n) is 21.6. The normalized spacial score (nSPS) is 18.2. The number of imide groups is 1. The summed E-state index contributed by atoms with van der Waals surface area (Å²) in [4.78, 5) is 61.3. The van der Waals surface area contributed by atoms with Crippen molar-refractivity contribution < 1.29 is 50.3 Å². The quantitative estimate of drug-likeness (QED) is 0.0533. The van der Waals surface area contributed by atoms with E-state index < -0.39 is 68.1 Å². The Morgan fingerprint density at radius 2 is 1.67 bits per heavy atom. The van der Waals surface area contributed by atoms with Gasteiger partial charge in [0, 0.05) is 80.8 Å². The van der Waals surface area contributed by atoms with Crippen LogP contribution < -0.4 is 20.3 Å². The van der Waals surface area contributed by atoms with E-state index in [0.717, 1.165) is 16.4 Å². The standard InChI is InChI=1S/C46H48F4N8O7S/c1-3-56(2)66(64,65)55-36-8-7-33(47)41(42(36)50)43(61)32-25-52-44-31(32)20-28(24-51-44)27-4-6-30(34(48)21-27)26-12-16-58(17-13-26)40(60)23-46(63)14-18-57(19-15-46)38-10-5-29(22-35(38)49)53-37-9-11-39(59)54-45(37)62/h4-8,10,20-22,24-26,37,53,55,63H,3,9,11-19,23H2,1-2H3,(H,51,52)(H,54,59,62). The highest BCUT2D eigenvalue weighted by atomic mass is 32.2. The van der Waals surface area contributed by atoms with Gasteiger partial charge in [0.25, 0.3) is 0 Å². The van der Waals surface area contributed by atoms with E-state index in [-0.39, 0.29) is 66.6 Å². The van der Waals surface area contributed by atoms with Crippen LogP contribution in [0.25, 0.3) is 22.2 Å². The number of carbonyl (C=O) groups excluding carboxylic acids is 4. The molecule has 0 saturated carbocycles. The number of carbonyl (C=O) groups is 4. The Kier molecular flexibility index (Phi) is 12.9. The molecule has 0 bridgehead atoms. The van der Waals surface area contributed by atoms with Gasteiger partial charge in [-0.2, -0.15) is 12.7 Å². The monoisotopic (exact) mass is 932 g/mol. The molecular weight excluding hydrogens is 885 g/mol. The van der Waals surface area contributed by atoms with E-state index in [1.54, 1.807) is 47.1 Å². The number of anilines is 3. The number of nitrogens with zero attached hydrogens (tertiary/aromatic N) is 4. The van der Waals surface area contributed by atoms with Crippen molar-refractivity contribution in [3.05, 3.63) is 107 Å². The second kappa shape index (κ2) is 18.5. The number of aromatic amines is 1. The highest BCUT2D eigenvalue weighted by molar-refractivity contribution is 7.90. The molecule has 8 rings (SSSR count). The van der Waals surface area contributed by atoms with Crippen LogP contribution in [0.3, 0.4) is 0 Å². The fourth-order valence-corrected chi connectivity index (χ4v) is 9.74. The predicted molar refractivity (Wildman–Crippen MR) is 238 cm³/mol. The fourth-order valence-electron chi connectivity index (χ4n) is 8.81. The van der Waals surface area contributed by atoms with Gasteiger partial charge in [0.1, 0.15) is 29.1 Å². The molecule has 3 fully saturated rings. The predicted octanol–water partition coefficient (Wildman–Crippen LogP) is 5.97. The van der Waals surface area contributed by atoms with E-state index in [1.165, 1.54) is 31.6 Å². The number of ketones is 1. The number of aliphatic hydroxyl groups is 1. The number of hydrogen-bond donors (Lipinski definition) is 5. The van der Waals surface area contributed by atoms with Crippen molar-refractivity contribution in [1.82, 2.24) is 24.5 Å². The van der Waals surface area contributed by atoms with Gasteiger partial charge in [0.15, 0.2) is 5.82 Å². The summed E-state index contributed by atoms with van der Waals surface area (Å²) in [5.74, 6) is -5.88. The molecule has 1 atom stereocenters. The zero-order valence-electron chi connectivity index (χ0n) is 36.1. The molecule has 3 amide bonds. The van der Waals surface area contributed by atoms with E-state index in [9.17, 15) is 32.7 Å². The molecule has 20 heteroatoms. The number of benzene rings is 3. The molecule has 3 aromatic carbocycles. The van der Waals surface area contributed by atoms with Gasteiger partial charge in [0.05, 0.1) is 29.0 Å². The molecule has 0 aliphatic carbocycles. The smallest absolute Gasteiger partial charge is 0.301 e. The third-order valence-electron chi connectivity index (χ3n) is 12.9. The molecule has 348 valence electrons. The number of amides is 3. The molecule has 0 spiro atoms. The van der Waals surface area contributed by atoms with Gasteiger partial charge in [-0.05, 0) is 91.6 Å². The Labute approximate surface area is 377 Å². The molecule has 3 aliphatic rings. The summed E-state index contributed by atoms with van der Waals surface area (Å²) in [7, 11) is -2.92. The van der Waals surface area contributed by atoms with Crippen molar-refractivity contribution in [1.29, 1.82) is 0 Å². The molecule has 1 unspecified atom stereocenters. The first-order valence-corrected chi connectivity index (χ1v) is 23.1. The summed E-state index contributed by atoms with van der Waals surface area (Å²) in [6, 6.07) is 11.8. The van der Waals surface area contributed by atoms with E-state index in [2.05, 4.69) is 20.6 Å². The van der Waals surface area contributed by atoms with Crippen LogP contribution in [-0.2, 0) is 24.6 Å². The lowest BCUT2D eigenvalue weighted by atomic mass is 9.85. The Morgan fingerprint density at radius 1 is 0.924 bits per heavy atom. The van der Waals surface area contributed by atoms with Gasteiger partial charge in [-0.15, -0.1) is 0 Å². The minimum Gasteiger partial charge on any atom is -0.389 e. The molecule has 5 heterocycles. The fraction of sp³-hybridized carbons (Fsp3) is 0.370. The van der Waals surface area contributed by atoms with Crippen molar-refractivity contribution in [2.45, 2.75) is 69.4 Å². The number of hydrogen-bond acceptors (Lipinski definition) is 10. The van der Waals surface area contributed by atoms with Crippen molar-refractivity contribution in [2.75, 3.05) is 54.7 Å². The van der Waals surface area contributed by atoms with Gasteiger partial charge in [-0.25, -0.2) is 22.5 Å². The number of H-pyrrole nitrogens is 1. The maximum Gasteiger partial charge on any atom is 0.301 e. The average molecular weight is 933 g/mol. The average Bonchev–Trinajstić information content (AvgIpc) is 3.72. The number of halogens is 4. The van der Waals surface area contributed by atoms with Crippen LogP contribution in [0.15, 0.2) is 67.0 Å². The highest BCUT2D eigenvalue weighted by Gasteiger charge is 2.38. The highest BCUT2D eigenvalue weighted by Crippen LogP contribution is 2.36. The van der Waals surface area contributed by atoms with E-state index >= 15 is 17.6 Å². The summed E-state index contributed by atoms with van der Waals surface area (Å²) < 4.78 is 89.9. The number of aromatic nitrogens is 2. The van der Waals surface area contributed by atoms with Gasteiger partial charge in [-0.3, -0.25) is 29.2 Å². The van der Waals surface area contributed by atoms with Gasteiger partial charge >= 0.3 is 10.2 Å². The first-order chi connectivity index (χ1) is 31.4. The second-order valence-corrected chi connectivity index (χ2v) is 18.8. The van der Waals surface area contributed by atoms with Crippen molar-refractivity contribution in [3.8, 4) is 11.1 Å². The molecule has 15 nitrogen and oxygen atoms in total. The summed E-state index contributed by atoms with van der Waals surface area (Å²) in [5.41, 5.74) is -0.748. The van der Waals surface area contributed by atoms with E-state index in [0.29, 0.717) is 73.5 Å². The summed E-state index contributed by atoms with van der Waals surface area (Å²) >= 11 is 0. The number of piperidine rings is 3. The Bertz CT molecular complexity index is 2840. The summed E-state index contributed by atoms with van der Waals surface area (Å²) in [6.07, 6.45) is 4.53. The van der Waals surface area contributed by atoms with Crippen LogP contribution >= 0.6 is 0 Å². The van der Waals surface area contributed by atoms with E-state index in [1.807, 2.05) is 4.72 Å². The zero-order chi connectivity index (χ0) is 47.1. The number of fused-ring (bicyclic) bond motifs is 1. The molecule has 3 saturated heterocycles. The van der Waals surface area contributed by atoms with Crippen molar-refractivity contribution in [3.63, 3.8) is 0 Å². The minimum absolute atomic E-state index is 0.0706. The van der Waals surface area contributed by atoms with Crippen LogP contribution in [0.4, 0.5) is 34.6 Å². The van der Waals surface area contributed by atoms with E-state index in [4.69, 9.17) is 0 Å². The van der Waals surface area contributed by atoms with Gasteiger partial charge in [0.2, 0.25) is 23.5 Å². The molecule has 5 N–H and O–H groups in total. The third kappa shape index (κ3) is 9.48. The van der Waals surface area contributed by atoms with Crippen LogP contribution in [0.5, 0.6) is 0 Å². The Hall–Kier alpha value is -6.38. The molecule has 0 radical (unpaired) electrons. The van der Waals surface area contributed by atoms with Crippen LogP contribution in [0.2, 0.25) is 0 Å². The molecule has 5 aromatic rings. The lowest BCUT2D eigenvalue weighted by molar-refractivity contribution is -0.138. The summed E-state index contributed by atoms with van der Waals surface area (Å²) in [5, 5.41) is 16.9. The van der Waals surface area contributed by atoms with Crippen LogP contribution in [0.1, 0.15) is 79.3 Å². The molecule has 2 aromatic heterocycles. The Balaban J connectivity index is 0.868. The molecule has 66 heavy (non-hydrogen) atoms. The van der Waals surface area contributed by atoms with Gasteiger partial charge < -0.3 is 25.2 Å². The summed E-state index contributed by atoms with van der Waals surface area (Å²) in [6.45, 7) is 2.97. The van der Waals surface area contributed by atoms with Crippen LogP contribution in [-0.4, -0.2) is 108 Å². The lowest BCUT2D eigenvalue weighted by Crippen LogP contribution is -2.49. The number of likely N-dealkylation sites (tertiary alicyclic amines) is 1. The maximum atomic E-state index is 15.9. The topological polar surface area (TPSA) is 197 Å². The van der Waals surface area contributed by atoms with Gasteiger partial charge in [-0.1, -0.05) is 19.1 Å². The minimum atomic E-state index is -4.19. The number of pyridine rings is 1. The van der Waals surface area contributed by atoms with Crippen LogP contribution in [0, 0.1) is 23.3 Å². The maximum absolute atomic E-state index is 15.9. The Morgan fingerprint density at radius 3 is 2.35 bits per heavy atom. The molecule has 3 aliphatic heterocycles.